The third-order valence-electron chi connectivity index (χ3n) is 6.90. The summed E-state index contributed by atoms with van der Waals surface area (Å²) in [7, 11) is 0. The van der Waals surface area contributed by atoms with E-state index in [1.807, 2.05) is 12.1 Å². The largest absolute Gasteiger partial charge is 0.206 e. The molecule has 3 rings (SSSR count). The molecule has 160 valence electrons. The minimum atomic E-state index is -0.448. The fourth-order valence-corrected chi connectivity index (χ4v) is 4.87. The van der Waals surface area contributed by atoms with Crippen LogP contribution in [0.15, 0.2) is 42.5 Å². The maximum Gasteiger partial charge on any atom is 0.141 e. The molecular weight excluding hydrogens is 369 g/mol. The first-order chi connectivity index (χ1) is 14.7. The van der Waals surface area contributed by atoms with E-state index in [0.717, 1.165) is 29.4 Å². The number of aryl methyl sites for hydroxylation is 1. The number of hydrogen-bond donors (Lipinski definition) is 0. The third kappa shape index (κ3) is 6.69. The highest BCUT2D eigenvalue weighted by Gasteiger charge is 2.20. The van der Waals surface area contributed by atoms with E-state index in [1.54, 1.807) is 6.07 Å². The molecule has 0 bridgehead atoms. The Bertz CT molecular complexity index is 810. The molecule has 0 N–H and O–H groups in total. The Balaban J connectivity index is 1.40. The van der Waals surface area contributed by atoms with Crippen molar-refractivity contribution in [1.82, 2.24) is 0 Å². The van der Waals surface area contributed by atoms with Crippen LogP contribution < -0.4 is 0 Å². The zero-order chi connectivity index (χ0) is 21.2. The first-order valence-corrected chi connectivity index (χ1v) is 12.0. The van der Waals surface area contributed by atoms with E-state index in [1.165, 1.54) is 82.3 Å². The Morgan fingerprint density at radius 3 is 2.10 bits per heavy atom. The van der Waals surface area contributed by atoms with E-state index < -0.39 is 5.82 Å². The molecule has 0 aromatic heterocycles. The average molecular weight is 406 g/mol. The van der Waals surface area contributed by atoms with Gasteiger partial charge in [-0.05, 0) is 53.5 Å². The van der Waals surface area contributed by atoms with Crippen molar-refractivity contribution >= 4 is 0 Å². The summed E-state index contributed by atoms with van der Waals surface area (Å²) < 4.78 is 13.9. The molecule has 1 nitrogen and oxygen atoms in total. The Morgan fingerprint density at radius 2 is 1.47 bits per heavy atom. The second-order valence-electron chi connectivity index (χ2n) is 9.13. The first-order valence-electron chi connectivity index (χ1n) is 12.0. The number of hydrogen-bond acceptors (Lipinski definition) is 1. The summed E-state index contributed by atoms with van der Waals surface area (Å²) >= 11 is 0. The second kappa shape index (κ2) is 11.9. The van der Waals surface area contributed by atoms with Gasteiger partial charge >= 0.3 is 0 Å². The molecule has 2 aromatic carbocycles. The molecule has 1 aliphatic rings. The predicted molar refractivity (Wildman–Crippen MR) is 124 cm³/mol. The van der Waals surface area contributed by atoms with Gasteiger partial charge in [0.25, 0.3) is 0 Å². The molecule has 1 saturated carbocycles. The molecule has 0 aliphatic heterocycles. The molecule has 30 heavy (non-hydrogen) atoms. The average Bonchev–Trinajstić information content (AvgIpc) is 2.78. The highest BCUT2D eigenvalue weighted by atomic mass is 19.1. The molecule has 2 aromatic rings. The Morgan fingerprint density at radius 1 is 0.833 bits per heavy atom. The second-order valence-corrected chi connectivity index (χ2v) is 9.13. The molecule has 0 spiro atoms. The van der Waals surface area contributed by atoms with E-state index in [9.17, 15) is 4.39 Å². The molecule has 1 aliphatic carbocycles. The summed E-state index contributed by atoms with van der Waals surface area (Å²) in [6.07, 6.45) is 16.6. The molecular formula is C28H36FN. The number of halogens is 1. The van der Waals surface area contributed by atoms with Gasteiger partial charge in [0.15, 0.2) is 0 Å². The summed E-state index contributed by atoms with van der Waals surface area (Å²) in [4.78, 5) is 0. The lowest BCUT2D eigenvalue weighted by molar-refractivity contribution is 0.249. The van der Waals surface area contributed by atoms with E-state index in [4.69, 9.17) is 5.26 Å². The van der Waals surface area contributed by atoms with E-state index in [2.05, 4.69) is 31.2 Å². The highest BCUT2D eigenvalue weighted by Crippen LogP contribution is 2.34. The van der Waals surface area contributed by atoms with E-state index in [0.29, 0.717) is 0 Å². The van der Waals surface area contributed by atoms with Crippen LogP contribution >= 0.6 is 0 Å². The summed E-state index contributed by atoms with van der Waals surface area (Å²) in [5.41, 5.74) is 3.29. The zero-order valence-electron chi connectivity index (χ0n) is 18.5. The summed E-state index contributed by atoms with van der Waals surface area (Å²) in [5, 5.41) is 8.87. The van der Waals surface area contributed by atoms with Gasteiger partial charge < -0.3 is 0 Å². The zero-order valence-corrected chi connectivity index (χ0v) is 18.5. The van der Waals surface area contributed by atoms with Crippen LogP contribution in [0.25, 0.3) is 11.1 Å². The van der Waals surface area contributed by atoms with Crippen LogP contribution in [0.3, 0.4) is 0 Å². The molecule has 1 fully saturated rings. The minimum absolute atomic E-state index is 0.0987. The lowest BCUT2D eigenvalue weighted by Gasteiger charge is -2.28. The lowest BCUT2D eigenvalue weighted by atomic mass is 9.77. The fourth-order valence-electron chi connectivity index (χ4n) is 4.87. The fraction of sp³-hybridized carbons (Fsp3) is 0.536. The Hall–Kier alpha value is -2.14. The SMILES string of the molecule is CCCCCCC[C@H]1CC[C@H](CCc2ccc(-c3ccc(C#N)c(F)c3)cc2)CC1. The van der Waals surface area contributed by atoms with Crippen molar-refractivity contribution < 1.29 is 4.39 Å². The minimum Gasteiger partial charge on any atom is -0.206 e. The Kier molecular flexibility index (Phi) is 8.94. The third-order valence-corrected chi connectivity index (χ3v) is 6.90. The summed E-state index contributed by atoms with van der Waals surface area (Å²) in [6.45, 7) is 2.28. The van der Waals surface area contributed by atoms with Gasteiger partial charge in [-0.1, -0.05) is 101 Å². The molecule has 2 heteroatoms. The van der Waals surface area contributed by atoms with E-state index >= 15 is 0 Å². The molecule has 0 atom stereocenters. The van der Waals surface area contributed by atoms with Gasteiger partial charge in [-0.3, -0.25) is 0 Å². The van der Waals surface area contributed by atoms with Gasteiger partial charge in [0.2, 0.25) is 0 Å². The van der Waals surface area contributed by atoms with Crippen molar-refractivity contribution in [3.63, 3.8) is 0 Å². The lowest BCUT2D eigenvalue weighted by Crippen LogP contribution is -2.15. The van der Waals surface area contributed by atoms with Crippen molar-refractivity contribution in [3.8, 4) is 17.2 Å². The number of unbranched alkanes of at least 4 members (excludes halogenated alkanes) is 4. The van der Waals surface area contributed by atoms with Gasteiger partial charge in [-0.25, -0.2) is 4.39 Å². The first kappa shape index (κ1) is 22.5. The van der Waals surface area contributed by atoms with Crippen LogP contribution in [0.1, 0.15) is 88.7 Å². The summed E-state index contributed by atoms with van der Waals surface area (Å²) in [6, 6.07) is 15.2. The van der Waals surface area contributed by atoms with Crippen LogP contribution in [0, 0.1) is 29.0 Å². The van der Waals surface area contributed by atoms with Crippen molar-refractivity contribution in [2.75, 3.05) is 0 Å². The van der Waals surface area contributed by atoms with Crippen molar-refractivity contribution in [1.29, 1.82) is 5.26 Å². The van der Waals surface area contributed by atoms with Gasteiger partial charge in [0.1, 0.15) is 11.9 Å². The molecule has 0 amide bonds. The normalized spacial score (nSPS) is 18.8. The van der Waals surface area contributed by atoms with Gasteiger partial charge in [0.05, 0.1) is 5.56 Å². The maximum absolute atomic E-state index is 13.9. The van der Waals surface area contributed by atoms with Gasteiger partial charge in [-0.15, -0.1) is 0 Å². The predicted octanol–water partition coefficient (Wildman–Crippen LogP) is 8.46. The highest BCUT2D eigenvalue weighted by molar-refractivity contribution is 5.64. The summed E-state index contributed by atoms with van der Waals surface area (Å²) in [5.74, 6) is 1.42. The molecule has 0 heterocycles. The molecule has 0 radical (unpaired) electrons. The van der Waals surface area contributed by atoms with Crippen LogP contribution in [0.5, 0.6) is 0 Å². The standard InChI is InChI=1S/C28H36FN/c1-2-3-4-5-6-7-22-8-10-23(11-9-22)12-13-24-14-16-25(17-15-24)26-18-19-27(21-30)28(29)20-26/h14-20,22-23H,2-13H2,1H3/t22-,23-. The van der Waals surface area contributed by atoms with Crippen molar-refractivity contribution in [2.24, 2.45) is 11.8 Å². The van der Waals surface area contributed by atoms with Crippen LogP contribution in [0.2, 0.25) is 0 Å². The smallest absolute Gasteiger partial charge is 0.141 e. The number of nitrogens with zero attached hydrogens (tertiary/aromatic N) is 1. The van der Waals surface area contributed by atoms with Crippen molar-refractivity contribution in [3.05, 3.63) is 59.4 Å². The number of benzene rings is 2. The quantitative estimate of drug-likeness (QED) is 0.364. The van der Waals surface area contributed by atoms with E-state index in [-0.39, 0.29) is 5.56 Å². The molecule has 0 saturated heterocycles. The number of nitriles is 1. The van der Waals surface area contributed by atoms with Crippen molar-refractivity contribution in [2.45, 2.75) is 84.0 Å². The van der Waals surface area contributed by atoms with Crippen LogP contribution in [-0.4, -0.2) is 0 Å². The monoisotopic (exact) mass is 405 g/mol. The van der Waals surface area contributed by atoms with Gasteiger partial charge in [-0.2, -0.15) is 5.26 Å². The number of rotatable bonds is 10. The maximum atomic E-state index is 13.9. The topological polar surface area (TPSA) is 23.8 Å². The molecule has 0 unspecified atom stereocenters. The van der Waals surface area contributed by atoms with Gasteiger partial charge in [0, 0.05) is 0 Å². The van der Waals surface area contributed by atoms with Crippen LogP contribution in [0.4, 0.5) is 4.39 Å². The van der Waals surface area contributed by atoms with Crippen LogP contribution in [-0.2, 0) is 6.42 Å². The Labute approximate surface area is 182 Å².